The number of halogens is 1. The third-order valence-electron chi connectivity index (χ3n) is 3.04. The molecule has 0 radical (unpaired) electrons. The second-order valence-corrected chi connectivity index (χ2v) is 5.67. The van der Waals surface area contributed by atoms with Crippen molar-refractivity contribution >= 4 is 15.9 Å². The standard InChI is InChI=1S/C15H19BrN2O2/c1-4-20-12-7-5-11(6-8-12)15(19)14-13(16)9-17-18(14)10(2)3/h5-10,15,19H,4H2,1-3H3. The summed E-state index contributed by atoms with van der Waals surface area (Å²) in [6.45, 7) is 6.65. The minimum atomic E-state index is -0.718. The number of aromatic nitrogens is 2. The van der Waals surface area contributed by atoms with E-state index in [4.69, 9.17) is 4.74 Å². The molecule has 0 saturated heterocycles. The molecule has 4 nitrogen and oxygen atoms in total. The van der Waals surface area contributed by atoms with Gasteiger partial charge in [-0.1, -0.05) is 12.1 Å². The summed E-state index contributed by atoms with van der Waals surface area (Å²) in [4.78, 5) is 0. The molecule has 0 bridgehead atoms. The molecule has 1 aromatic heterocycles. The van der Waals surface area contributed by atoms with Gasteiger partial charge in [0.15, 0.2) is 0 Å². The maximum atomic E-state index is 10.6. The number of hydrogen-bond donors (Lipinski definition) is 1. The summed E-state index contributed by atoms with van der Waals surface area (Å²) in [6, 6.07) is 7.67. The van der Waals surface area contributed by atoms with Crippen molar-refractivity contribution < 1.29 is 9.84 Å². The molecule has 0 saturated carbocycles. The Balaban J connectivity index is 2.31. The third kappa shape index (κ3) is 3.04. The highest BCUT2D eigenvalue weighted by Crippen LogP contribution is 2.31. The Labute approximate surface area is 127 Å². The Morgan fingerprint density at radius 1 is 1.30 bits per heavy atom. The molecule has 5 heteroatoms. The van der Waals surface area contributed by atoms with Gasteiger partial charge in [-0.25, -0.2) is 0 Å². The number of aliphatic hydroxyl groups is 1. The molecule has 0 spiro atoms. The van der Waals surface area contributed by atoms with E-state index in [0.29, 0.717) is 6.61 Å². The largest absolute Gasteiger partial charge is 0.494 e. The van der Waals surface area contributed by atoms with Crippen molar-refractivity contribution in [2.24, 2.45) is 0 Å². The fourth-order valence-corrected chi connectivity index (χ4v) is 2.58. The van der Waals surface area contributed by atoms with Crippen LogP contribution in [-0.2, 0) is 0 Å². The van der Waals surface area contributed by atoms with Crippen LogP contribution >= 0.6 is 15.9 Å². The summed E-state index contributed by atoms with van der Waals surface area (Å²) < 4.78 is 8.05. The van der Waals surface area contributed by atoms with Gasteiger partial charge in [0.2, 0.25) is 0 Å². The van der Waals surface area contributed by atoms with E-state index in [1.807, 2.05) is 49.7 Å². The van der Waals surface area contributed by atoms with Crippen LogP contribution in [0.25, 0.3) is 0 Å². The molecule has 20 heavy (non-hydrogen) atoms. The van der Waals surface area contributed by atoms with Gasteiger partial charge < -0.3 is 9.84 Å². The molecule has 2 rings (SSSR count). The number of benzene rings is 1. The Morgan fingerprint density at radius 3 is 2.50 bits per heavy atom. The van der Waals surface area contributed by atoms with E-state index in [0.717, 1.165) is 21.5 Å². The average molecular weight is 339 g/mol. The number of nitrogens with zero attached hydrogens (tertiary/aromatic N) is 2. The summed E-state index contributed by atoms with van der Waals surface area (Å²) in [5, 5.41) is 14.9. The van der Waals surface area contributed by atoms with Crippen LogP contribution < -0.4 is 4.74 Å². The van der Waals surface area contributed by atoms with E-state index in [-0.39, 0.29) is 6.04 Å². The average Bonchev–Trinajstić information content (AvgIpc) is 2.81. The van der Waals surface area contributed by atoms with E-state index in [2.05, 4.69) is 21.0 Å². The molecular weight excluding hydrogens is 320 g/mol. The van der Waals surface area contributed by atoms with E-state index in [9.17, 15) is 5.11 Å². The maximum Gasteiger partial charge on any atom is 0.122 e. The van der Waals surface area contributed by atoms with E-state index in [1.54, 1.807) is 6.20 Å². The number of hydrogen-bond acceptors (Lipinski definition) is 3. The lowest BCUT2D eigenvalue weighted by atomic mass is 10.1. The highest BCUT2D eigenvalue weighted by Gasteiger charge is 2.20. The van der Waals surface area contributed by atoms with Crippen LogP contribution in [0.3, 0.4) is 0 Å². The number of aliphatic hydroxyl groups excluding tert-OH is 1. The van der Waals surface area contributed by atoms with Crippen LogP contribution in [-0.4, -0.2) is 21.5 Å². The van der Waals surface area contributed by atoms with E-state index in [1.165, 1.54) is 0 Å². The first-order valence-electron chi connectivity index (χ1n) is 6.68. The molecule has 1 unspecified atom stereocenters. The van der Waals surface area contributed by atoms with Crippen LogP contribution in [0.5, 0.6) is 5.75 Å². The molecule has 1 heterocycles. The Kier molecular flexibility index (Phi) is 4.83. The minimum Gasteiger partial charge on any atom is -0.494 e. The van der Waals surface area contributed by atoms with Gasteiger partial charge >= 0.3 is 0 Å². The lowest BCUT2D eigenvalue weighted by molar-refractivity contribution is 0.204. The zero-order valence-electron chi connectivity index (χ0n) is 11.9. The van der Waals surface area contributed by atoms with Crippen LogP contribution in [0.4, 0.5) is 0 Å². The van der Waals surface area contributed by atoms with Crippen molar-refractivity contribution in [1.82, 2.24) is 9.78 Å². The van der Waals surface area contributed by atoms with Gasteiger partial charge in [0.25, 0.3) is 0 Å². The molecule has 1 aromatic carbocycles. The molecule has 2 aromatic rings. The lowest BCUT2D eigenvalue weighted by Gasteiger charge is -2.17. The van der Waals surface area contributed by atoms with Crippen LogP contribution in [0, 0.1) is 0 Å². The minimum absolute atomic E-state index is 0.189. The Morgan fingerprint density at radius 2 is 1.95 bits per heavy atom. The summed E-state index contributed by atoms with van der Waals surface area (Å²) in [5.74, 6) is 0.805. The van der Waals surface area contributed by atoms with Gasteiger partial charge in [-0.3, -0.25) is 4.68 Å². The third-order valence-corrected chi connectivity index (χ3v) is 3.65. The van der Waals surface area contributed by atoms with Crippen molar-refractivity contribution in [3.8, 4) is 5.75 Å². The summed E-state index contributed by atoms with van der Waals surface area (Å²) in [5.41, 5.74) is 1.58. The van der Waals surface area contributed by atoms with Crippen LogP contribution in [0.1, 0.15) is 44.2 Å². The first-order chi connectivity index (χ1) is 9.54. The molecule has 1 atom stereocenters. The normalized spacial score (nSPS) is 12.7. The summed E-state index contributed by atoms with van der Waals surface area (Å²) in [6.07, 6.45) is 0.998. The lowest BCUT2D eigenvalue weighted by Crippen LogP contribution is -2.12. The van der Waals surface area contributed by atoms with Crippen molar-refractivity contribution in [2.75, 3.05) is 6.61 Å². The second-order valence-electron chi connectivity index (χ2n) is 4.82. The highest BCUT2D eigenvalue weighted by molar-refractivity contribution is 9.10. The van der Waals surface area contributed by atoms with Crippen LogP contribution in [0.15, 0.2) is 34.9 Å². The molecule has 108 valence electrons. The maximum absolute atomic E-state index is 10.6. The monoisotopic (exact) mass is 338 g/mol. The van der Waals surface area contributed by atoms with Gasteiger partial charge in [0.05, 0.1) is 23.0 Å². The fraction of sp³-hybridized carbons (Fsp3) is 0.400. The van der Waals surface area contributed by atoms with E-state index >= 15 is 0 Å². The van der Waals surface area contributed by atoms with Crippen molar-refractivity contribution in [3.05, 3.63) is 46.2 Å². The smallest absolute Gasteiger partial charge is 0.122 e. The van der Waals surface area contributed by atoms with Gasteiger partial charge in [0, 0.05) is 6.04 Å². The van der Waals surface area contributed by atoms with E-state index < -0.39 is 6.10 Å². The molecule has 0 aliphatic heterocycles. The number of ether oxygens (including phenoxy) is 1. The zero-order chi connectivity index (χ0) is 14.7. The van der Waals surface area contributed by atoms with Gasteiger partial charge in [-0.2, -0.15) is 5.10 Å². The second kappa shape index (κ2) is 6.41. The zero-order valence-corrected chi connectivity index (χ0v) is 13.5. The quantitative estimate of drug-likeness (QED) is 0.903. The molecule has 1 N–H and O–H groups in total. The number of rotatable bonds is 5. The first kappa shape index (κ1) is 15.1. The van der Waals surface area contributed by atoms with Gasteiger partial charge in [-0.05, 0) is 54.4 Å². The highest BCUT2D eigenvalue weighted by atomic mass is 79.9. The van der Waals surface area contributed by atoms with Crippen molar-refractivity contribution in [3.63, 3.8) is 0 Å². The van der Waals surface area contributed by atoms with Gasteiger partial charge in [0.1, 0.15) is 11.9 Å². The predicted molar refractivity (Wildman–Crippen MR) is 82.0 cm³/mol. The molecule has 0 aliphatic rings. The topological polar surface area (TPSA) is 47.3 Å². The Hall–Kier alpha value is -1.33. The molecule has 0 fully saturated rings. The molecule has 0 amide bonds. The summed E-state index contributed by atoms with van der Waals surface area (Å²) in [7, 11) is 0. The van der Waals surface area contributed by atoms with Crippen molar-refractivity contribution in [1.29, 1.82) is 0 Å². The molecule has 0 aliphatic carbocycles. The Bertz CT molecular complexity index is 564. The first-order valence-corrected chi connectivity index (χ1v) is 7.47. The van der Waals surface area contributed by atoms with Crippen molar-refractivity contribution in [2.45, 2.75) is 32.9 Å². The summed E-state index contributed by atoms with van der Waals surface area (Å²) >= 11 is 3.45. The van der Waals surface area contributed by atoms with Crippen LogP contribution in [0.2, 0.25) is 0 Å². The fourth-order valence-electron chi connectivity index (χ4n) is 2.09. The molecular formula is C15H19BrN2O2. The van der Waals surface area contributed by atoms with Gasteiger partial charge in [-0.15, -0.1) is 0 Å². The predicted octanol–water partition coefficient (Wildman–Crippen LogP) is 3.71. The SMILES string of the molecule is CCOc1ccc(C(O)c2c(Br)cnn2C(C)C)cc1.